The van der Waals surface area contributed by atoms with E-state index in [0.29, 0.717) is 36.3 Å². The number of aromatic nitrogens is 3. The minimum Gasteiger partial charge on any atom is -0.442 e. The highest BCUT2D eigenvalue weighted by atomic mass is 32.2. The Balaban J connectivity index is 0.000000960. The summed E-state index contributed by atoms with van der Waals surface area (Å²) in [6, 6.07) is 3.52. The highest BCUT2D eigenvalue weighted by molar-refractivity contribution is 8.01. The van der Waals surface area contributed by atoms with E-state index >= 15 is 0 Å². The predicted octanol–water partition coefficient (Wildman–Crippen LogP) is 1.03. The summed E-state index contributed by atoms with van der Waals surface area (Å²) in [4.78, 5) is 0. The van der Waals surface area contributed by atoms with E-state index in [4.69, 9.17) is 31.8 Å². The van der Waals surface area contributed by atoms with E-state index in [9.17, 15) is 0 Å². The summed E-state index contributed by atoms with van der Waals surface area (Å²) < 4.78 is 18.1. The number of nitrogens with zero attached hydrogens (tertiary/aromatic N) is 3. The molecule has 0 unspecified atom stereocenters. The summed E-state index contributed by atoms with van der Waals surface area (Å²) in [6.45, 7) is 1.44. The van der Waals surface area contributed by atoms with Crippen LogP contribution in [0.1, 0.15) is 10.6 Å². The molecule has 0 atom stereocenters. The zero-order valence-electron chi connectivity index (χ0n) is 16.5. The van der Waals surface area contributed by atoms with Gasteiger partial charge in [0.15, 0.2) is 21.4 Å². The van der Waals surface area contributed by atoms with Gasteiger partial charge in [0.2, 0.25) is 0 Å². The van der Waals surface area contributed by atoms with Crippen molar-refractivity contribution in [1.29, 1.82) is 10.8 Å². The van der Waals surface area contributed by atoms with Crippen LogP contribution >= 0.6 is 35.1 Å². The molecule has 0 fully saturated rings. The van der Waals surface area contributed by atoms with Crippen LogP contribution in [0.2, 0.25) is 0 Å². The number of pyridine rings is 1. The fourth-order valence-corrected chi connectivity index (χ4v) is 3.41. The first-order valence-electron chi connectivity index (χ1n) is 8.31. The van der Waals surface area contributed by atoms with Gasteiger partial charge < -0.3 is 25.1 Å². The predicted molar refractivity (Wildman–Crippen MR) is 117 cm³/mol. The Labute approximate surface area is 182 Å². The van der Waals surface area contributed by atoms with Crippen molar-refractivity contribution in [2.75, 3.05) is 38.9 Å². The molecule has 0 saturated carbocycles. The standard InChI is InChI=1S/C14H20N7O2S2.C2H6OS/c1-21-8-9(11(15)16)2-3-10(21)23-5-4-22-6-7-24-14-20-19-13(25-14)12(17)18;1-3-4-2/h2-3,8H,4-7H2,1H3,(H3,15,16)(H3,17,18);1-2H3/q+1;. The maximum Gasteiger partial charge on any atom is 0.367 e. The van der Waals surface area contributed by atoms with Gasteiger partial charge in [-0.05, 0) is 18.1 Å². The molecule has 29 heavy (non-hydrogen) atoms. The van der Waals surface area contributed by atoms with Gasteiger partial charge in [-0.2, -0.15) is 4.57 Å². The Morgan fingerprint density at radius 2 is 1.90 bits per heavy atom. The lowest BCUT2D eigenvalue weighted by Gasteiger charge is -2.06. The molecule has 10 nitrogen and oxygen atoms in total. The fourth-order valence-electron chi connectivity index (χ4n) is 1.78. The molecule has 0 amide bonds. The summed E-state index contributed by atoms with van der Waals surface area (Å²) in [5, 5.41) is 22.9. The molecule has 0 aliphatic rings. The quantitative estimate of drug-likeness (QED) is 0.0959. The second-order valence-electron chi connectivity index (χ2n) is 5.21. The highest BCUT2D eigenvalue weighted by Crippen LogP contribution is 2.21. The van der Waals surface area contributed by atoms with Crippen LogP contribution in [0, 0.1) is 10.8 Å². The third kappa shape index (κ3) is 9.89. The van der Waals surface area contributed by atoms with Gasteiger partial charge in [0.1, 0.15) is 19.5 Å². The smallest absolute Gasteiger partial charge is 0.367 e. The molecule has 0 aliphatic heterocycles. The molecule has 2 aromatic heterocycles. The number of ether oxygens (including phenoxy) is 2. The molecule has 2 rings (SSSR count). The van der Waals surface area contributed by atoms with Crippen LogP contribution in [-0.4, -0.2) is 60.8 Å². The molecular formula is C16H26N7O3S3+. The lowest BCUT2D eigenvalue weighted by Crippen LogP contribution is -2.33. The number of nitrogens with one attached hydrogen (secondary N) is 2. The number of nitrogen functional groups attached to an aromatic ring is 2. The topological polar surface area (TPSA) is 157 Å². The molecule has 2 heterocycles. The van der Waals surface area contributed by atoms with Crippen LogP contribution in [0.5, 0.6) is 5.88 Å². The monoisotopic (exact) mass is 460 g/mol. The minimum absolute atomic E-state index is 0.0221. The highest BCUT2D eigenvalue weighted by Gasteiger charge is 2.10. The first kappa shape index (κ1) is 25.1. The maximum atomic E-state index is 7.40. The number of aryl methyl sites for hydroxylation is 1. The van der Waals surface area contributed by atoms with Gasteiger partial charge in [-0.3, -0.25) is 10.8 Å². The van der Waals surface area contributed by atoms with Crippen molar-refractivity contribution >= 4 is 46.8 Å². The number of nitrogens with two attached hydrogens (primary N) is 2. The van der Waals surface area contributed by atoms with E-state index in [0.717, 1.165) is 10.1 Å². The van der Waals surface area contributed by atoms with Crippen LogP contribution in [0.3, 0.4) is 0 Å². The van der Waals surface area contributed by atoms with E-state index in [2.05, 4.69) is 14.4 Å². The molecular weight excluding hydrogens is 434 g/mol. The average Bonchev–Trinajstić information content (AvgIpc) is 3.17. The molecule has 0 radical (unpaired) electrons. The number of hydrogen-bond donors (Lipinski definition) is 4. The van der Waals surface area contributed by atoms with Crippen LogP contribution < -0.4 is 20.8 Å². The van der Waals surface area contributed by atoms with Gasteiger partial charge in [0.25, 0.3) is 0 Å². The van der Waals surface area contributed by atoms with Gasteiger partial charge in [-0.1, -0.05) is 23.1 Å². The van der Waals surface area contributed by atoms with Gasteiger partial charge in [-0.15, -0.1) is 10.2 Å². The molecule has 6 N–H and O–H groups in total. The van der Waals surface area contributed by atoms with Gasteiger partial charge in [0, 0.05) is 12.0 Å². The minimum atomic E-state index is -0.0674. The second-order valence-corrected chi connectivity index (χ2v) is 8.20. The number of hydrogen-bond acceptors (Lipinski definition) is 10. The Bertz CT molecular complexity index is 787. The SMILES string of the molecule is COSC.C[n+]1cc(C(=N)N)ccc1OCCOCCSc1nnc(C(=N)N)s1. The summed E-state index contributed by atoms with van der Waals surface area (Å²) >= 11 is 4.16. The van der Waals surface area contributed by atoms with Crippen molar-refractivity contribution in [2.24, 2.45) is 18.5 Å². The molecule has 0 aliphatic carbocycles. The van der Waals surface area contributed by atoms with E-state index < -0.39 is 0 Å². The average molecular weight is 461 g/mol. The maximum absolute atomic E-state index is 7.40. The lowest BCUT2D eigenvalue weighted by atomic mass is 10.2. The molecule has 0 spiro atoms. The third-order valence-corrected chi connectivity index (χ3v) is 5.52. The van der Waals surface area contributed by atoms with E-state index in [1.54, 1.807) is 30.0 Å². The first-order chi connectivity index (χ1) is 13.9. The van der Waals surface area contributed by atoms with Crippen LogP contribution in [-0.2, 0) is 16.0 Å². The van der Waals surface area contributed by atoms with Gasteiger partial charge in [0.05, 0.1) is 32.0 Å². The second kappa shape index (κ2) is 14.1. The van der Waals surface area contributed by atoms with Crippen molar-refractivity contribution in [3.05, 3.63) is 28.9 Å². The Kier molecular flexibility index (Phi) is 12.2. The van der Waals surface area contributed by atoms with Gasteiger partial charge in [-0.25, -0.2) is 0 Å². The molecule has 13 heteroatoms. The van der Waals surface area contributed by atoms with Gasteiger partial charge >= 0.3 is 5.88 Å². The Hall–Kier alpha value is -1.93. The molecule has 0 bridgehead atoms. The lowest BCUT2D eigenvalue weighted by molar-refractivity contribution is -0.677. The Morgan fingerprint density at radius 1 is 1.17 bits per heavy atom. The van der Waals surface area contributed by atoms with Crippen molar-refractivity contribution in [2.45, 2.75) is 4.34 Å². The van der Waals surface area contributed by atoms with E-state index in [1.165, 1.54) is 35.1 Å². The third-order valence-electron chi connectivity index (χ3n) is 3.13. The van der Waals surface area contributed by atoms with E-state index in [1.807, 2.05) is 13.3 Å². The summed E-state index contributed by atoms with van der Waals surface area (Å²) in [6.07, 6.45) is 3.62. The zero-order valence-corrected chi connectivity index (χ0v) is 19.0. The fraction of sp³-hybridized carbons (Fsp3) is 0.438. The molecule has 160 valence electrons. The van der Waals surface area contributed by atoms with Crippen molar-refractivity contribution in [1.82, 2.24) is 10.2 Å². The van der Waals surface area contributed by atoms with Crippen molar-refractivity contribution in [3.8, 4) is 5.88 Å². The molecule has 0 saturated heterocycles. The number of thioether (sulfide) groups is 1. The number of rotatable bonds is 11. The van der Waals surface area contributed by atoms with Crippen molar-refractivity contribution in [3.63, 3.8) is 0 Å². The number of amidine groups is 2. The summed E-state index contributed by atoms with van der Waals surface area (Å²) in [5.41, 5.74) is 11.4. The van der Waals surface area contributed by atoms with Crippen LogP contribution in [0.25, 0.3) is 0 Å². The van der Waals surface area contributed by atoms with Crippen LogP contribution in [0.4, 0.5) is 0 Å². The largest absolute Gasteiger partial charge is 0.442 e. The normalized spacial score (nSPS) is 10.2. The van der Waals surface area contributed by atoms with Crippen molar-refractivity contribution < 1.29 is 18.2 Å². The molecule has 2 aromatic rings. The Morgan fingerprint density at radius 3 is 2.45 bits per heavy atom. The zero-order chi connectivity index (χ0) is 21.6. The summed E-state index contributed by atoms with van der Waals surface area (Å²) in [5.74, 6) is 1.36. The summed E-state index contributed by atoms with van der Waals surface area (Å²) in [7, 11) is 3.47. The molecule has 0 aromatic carbocycles. The first-order valence-corrected chi connectivity index (χ1v) is 11.3. The van der Waals surface area contributed by atoms with E-state index in [-0.39, 0.29) is 11.7 Å². The van der Waals surface area contributed by atoms with Crippen LogP contribution in [0.15, 0.2) is 22.7 Å².